The van der Waals surface area contributed by atoms with E-state index in [0.717, 1.165) is 10.9 Å². The quantitative estimate of drug-likeness (QED) is 0.770. The van der Waals surface area contributed by atoms with Crippen molar-refractivity contribution in [3.63, 3.8) is 0 Å². The van der Waals surface area contributed by atoms with Gasteiger partial charge in [0.25, 0.3) is 5.91 Å². The zero-order valence-corrected chi connectivity index (χ0v) is 16.4. The van der Waals surface area contributed by atoms with Crippen LogP contribution in [0.1, 0.15) is 23.2 Å². The van der Waals surface area contributed by atoms with Crippen molar-refractivity contribution >= 4 is 54.8 Å². The van der Waals surface area contributed by atoms with Crippen LogP contribution in [0.25, 0.3) is 0 Å². The summed E-state index contributed by atoms with van der Waals surface area (Å²) in [5.41, 5.74) is 1.54. The number of hydrogen-bond acceptors (Lipinski definition) is 3. The molecule has 1 N–H and O–H groups in total. The monoisotopic (exact) mass is 442 g/mol. The van der Waals surface area contributed by atoms with Gasteiger partial charge in [0.2, 0.25) is 10.0 Å². The highest BCUT2D eigenvalue weighted by molar-refractivity contribution is 9.10. The number of nitrogens with one attached hydrogen (secondary N) is 1. The van der Waals surface area contributed by atoms with E-state index >= 15 is 0 Å². The van der Waals surface area contributed by atoms with Gasteiger partial charge in [0, 0.05) is 16.7 Å². The Hall–Kier alpha value is -1.57. The topological polar surface area (TPSA) is 66.5 Å². The number of hydrogen-bond donors (Lipinski definition) is 1. The molecule has 1 amide bonds. The van der Waals surface area contributed by atoms with Crippen LogP contribution in [0.5, 0.6) is 0 Å². The van der Waals surface area contributed by atoms with Crippen molar-refractivity contribution in [1.82, 2.24) is 0 Å². The van der Waals surface area contributed by atoms with Crippen molar-refractivity contribution in [3.05, 3.63) is 57.5 Å². The third-order valence-electron chi connectivity index (χ3n) is 3.94. The molecule has 132 valence electrons. The van der Waals surface area contributed by atoms with Crippen molar-refractivity contribution < 1.29 is 13.2 Å². The van der Waals surface area contributed by atoms with Crippen molar-refractivity contribution in [2.45, 2.75) is 12.8 Å². The molecular weight excluding hydrogens is 428 g/mol. The first-order valence-electron chi connectivity index (χ1n) is 7.74. The number of halogens is 2. The van der Waals surface area contributed by atoms with Gasteiger partial charge in [-0.05, 0) is 55.3 Å². The van der Waals surface area contributed by atoms with Crippen LogP contribution in [0.2, 0.25) is 5.02 Å². The first-order valence-corrected chi connectivity index (χ1v) is 10.5. The second kappa shape index (κ2) is 7.35. The van der Waals surface area contributed by atoms with Gasteiger partial charge in [-0.15, -0.1) is 0 Å². The molecule has 1 aliphatic rings. The first-order chi connectivity index (χ1) is 11.9. The molecular formula is C17H16BrClN2O3S. The summed E-state index contributed by atoms with van der Waals surface area (Å²) in [5, 5.41) is 3.12. The summed E-state index contributed by atoms with van der Waals surface area (Å²) in [5.74, 6) is -0.156. The van der Waals surface area contributed by atoms with Gasteiger partial charge in [0.05, 0.1) is 22.0 Å². The normalized spacial score (nSPS) is 16.5. The number of benzene rings is 2. The fraction of sp³-hybridized carbons (Fsp3) is 0.235. The van der Waals surface area contributed by atoms with Gasteiger partial charge in [0.15, 0.2) is 0 Å². The molecule has 1 aliphatic heterocycles. The van der Waals surface area contributed by atoms with E-state index in [1.807, 2.05) is 0 Å². The lowest BCUT2D eigenvalue weighted by Gasteiger charge is -2.28. The van der Waals surface area contributed by atoms with E-state index in [1.54, 1.807) is 42.5 Å². The van der Waals surface area contributed by atoms with Crippen LogP contribution in [-0.2, 0) is 10.0 Å². The summed E-state index contributed by atoms with van der Waals surface area (Å²) in [7, 11) is -3.24. The Balaban J connectivity index is 1.77. The molecule has 1 saturated heterocycles. The summed E-state index contributed by atoms with van der Waals surface area (Å²) in [6.45, 7) is 0.488. The Kier molecular flexibility index (Phi) is 5.36. The highest BCUT2D eigenvalue weighted by Gasteiger charge is 2.25. The SMILES string of the molecule is O=C(Nc1ccc(N2CCCCS2(=O)=O)cc1)c1cc(Br)ccc1Cl. The fourth-order valence-corrected chi connectivity index (χ4v) is 4.86. The molecule has 0 spiro atoms. The summed E-state index contributed by atoms with van der Waals surface area (Å²) < 4.78 is 26.5. The smallest absolute Gasteiger partial charge is 0.257 e. The summed E-state index contributed by atoms with van der Waals surface area (Å²) in [6, 6.07) is 11.8. The summed E-state index contributed by atoms with van der Waals surface area (Å²) in [6.07, 6.45) is 1.54. The van der Waals surface area contributed by atoms with Gasteiger partial charge < -0.3 is 5.32 Å². The maximum atomic E-state index is 12.4. The highest BCUT2D eigenvalue weighted by atomic mass is 79.9. The standard InChI is InChI=1S/C17H16BrClN2O3S/c18-12-3-8-16(19)15(11-12)17(22)20-13-4-6-14(7-5-13)21-9-1-2-10-25(21,23)24/h3-8,11H,1-2,9-10H2,(H,20,22). The first kappa shape index (κ1) is 18.2. The predicted octanol–water partition coefficient (Wildman–Crippen LogP) is 4.28. The largest absolute Gasteiger partial charge is 0.322 e. The van der Waals surface area contributed by atoms with Crippen molar-refractivity contribution in [2.75, 3.05) is 21.9 Å². The zero-order valence-electron chi connectivity index (χ0n) is 13.2. The number of sulfonamides is 1. The molecule has 1 fully saturated rings. The zero-order chi connectivity index (χ0) is 18.0. The van der Waals surface area contributed by atoms with Gasteiger partial charge in [0.1, 0.15) is 0 Å². The van der Waals surface area contributed by atoms with E-state index in [9.17, 15) is 13.2 Å². The van der Waals surface area contributed by atoms with Gasteiger partial charge in [-0.3, -0.25) is 9.10 Å². The maximum Gasteiger partial charge on any atom is 0.257 e. The molecule has 3 rings (SSSR count). The highest BCUT2D eigenvalue weighted by Crippen LogP contribution is 2.26. The van der Waals surface area contributed by atoms with Crippen molar-refractivity contribution in [3.8, 4) is 0 Å². The van der Waals surface area contributed by atoms with E-state index in [2.05, 4.69) is 21.2 Å². The minimum Gasteiger partial charge on any atom is -0.322 e. The molecule has 0 bridgehead atoms. The number of anilines is 2. The Morgan fingerprint density at radius 1 is 1.12 bits per heavy atom. The molecule has 2 aromatic rings. The number of carbonyl (C=O) groups excluding carboxylic acids is 1. The van der Waals surface area contributed by atoms with Gasteiger partial charge in [-0.25, -0.2) is 8.42 Å². The van der Waals surface area contributed by atoms with Crippen LogP contribution >= 0.6 is 27.5 Å². The van der Waals surface area contributed by atoms with Crippen LogP contribution in [0.4, 0.5) is 11.4 Å². The second-order valence-electron chi connectivity index (χ2n) is 5.72. The average Bonchev–Trinajstić information content (AvgIpc) is 2.57. The molecule has 0 unspecified atom stereocenters. The van der Waals surface area contributed by atoms with Gasteiger partial charge >= 0.3 is 0 Å². The molecule has 0 aliphatic carbocycles. The molecule has 25 heavy (non-hydrogen) atoms. The molecule has 1 heterocycles. The Morgan fingerprint density at radius 2 is 1.84 bits per heavy atom. The average molecular weight is 444 g/mol. The number of rotatable bonds is 3. The van der Waals surface area contributed by atoms with E-state index in [0.29, 0.717) is 34.9 Å². The maximum absolute atomic E-state index is 12.4. The van der Waals surface area contributed by atoms with Crippen LogP contribution in [-0.4, -0.2) is 26.6 Å². The van der Waals surface area contributed by atoms with Crippen LogP contribution in [0.15, 0.2) is 46.9 Å². The lowest BCUT2D eigenvalue weighted by molar-refractivity contribution is 0.102. The summed E-state index contributed by atoms with van der Waals surface area (Å²) in [4.78, 5) is 12.4. The van der Waals surface area contributed by atoms with Gasteiger partial charge in [-0.2, -0.15) is 0 Å². The van der Waals surface area contributed by atoms with E-state index in [1.165, 1.54) is 4.31 Å². The Morgan fingerprint density at radius 3 is 2.52 bits per heavy atom. The molecule has 8 heteroatoms. The summed E-state index contributed by atoms with van der Waals surface area (Å²) >= 11 is 9.37. The fourth-order valence-electron chi connectivity index (χ4n) is 2.66. The molecule has 5 nitrogen and oxygen atoms in total. The molecule has 0 aromatic heterocycles. The Labute approximate surface area is 160 Å². The number of carbonyl (C=O) groups is 1. The minimum atomic E-state index is -3.24. The molecule has 0 radical (unpaired) electrons. The minimum absolute atomic E-state index is 0.173. The van der Waals surface area contributed by atoms with Gasteiger partial charge in [-0.1, -0.05) is 27.5 Å². The van der Waals surface area contributed by atoms with Crippen LogP contribution in [0.3, 0.4) is 0 Å². The van der Waals surface area contributed by atoms with Crippen LogP contribution in [0, 0.1) is 0 Å². The lowest BCUT2D eigenvalue weighted by atomic mass is 10.2. The number of amides is 1. The third kappa shape index (κ3) is 4.16. The third-order valence-corrected chi connectivity index (χ3v) is 6.63. The molecule has 0 saturated carbocycles. The van der Waals surface area contributed by atoms with Crippen molar-refractivity contribution in [2.24, 2.45) is 0 Å². The number of nitrogens with zero attached hydrogens (tertiary/aromatic N) is 1. The van der Waals surface area contributed by atoms with Crippen LogP contribution < -0.4 is 9.62 Å². The van der Waals surface area contributed by atoms with E-state index < -0.39 is 10.0 Å². The Bertz CT molecular complexity index is 901. The van der Waals surface area contributed by atoms with Crippen molar-refractivity contribution in [1.29, 1.82) is 0 Å². The van der Waals surface area contributed by atoms with E-state index in [-0.39, 0.29) is 11.7 Å². The second-order valence-corrected chi connectivity index (χ2v) is 9.06. The molecule has 0 atom stereocenters. The predicted molar refractivity (Wildman–Crippen MR) is 104 cm³/mol. The molecule has 2 aromatic carbocycles. The lowest BCUT2D eigenvalue weighted by Crippen LogP contribution is -2.37. The van der Waals surface area contributed by atoms with E-state index in [4.69, 9.17) is 11.6 Å².